The fourth-order valence-corrected chi connectivity index (χ4v) is 8.50. The summed E-state index contributed by atoms with van der Waals surface area (Å²) < 4.78 is 7.04. The Bertz CT molecular complexity index is 1760. The molecule has 3 aromatic rings. The van der Waals surface area contributed by atoms with Gasteiger partial charge in [0.25, 0.3) is 5.91 Å². The Balaban J connectivity index is 1.34. The van der Waals surface area contributed by atoms with Gasteiger partial charge in [0.05, 0.1) is 30.1 Å². The van der Waals surface area contributed by atoms with E-state index in [1.165, 1.54) is 0 Å². The molecular formula is C40H44N4O5. The minimum absolute atomic E-state index is 0.230. The first kappa shape index (κ1) is 32.8. The van der Waals surface area contributed by atoms with Crippen LogP contribution in [0.1, 0.15) is 26.3 Å². The first-order valence-corrected chi connectivity index (χ1v) is 17.3. The number of rotatable bonds is 9. The predicted molar refractivity (Wildman–Crippen MR) is 190 cm³/mol. The first-order chi connectivity index (χ1) is 23.8. The second-order valence-electron chi connectivity index (χ2n) is 13.5. The second kappa shape index (κ2) is 12.9. The number of hydrogen-bond donors (Lipinski definition) is 1. The summed E-state index contributed by atoms with van der Waals surface area (Å²) in [6.07, 6.45) is 7.89. The lowest BCUT2D eigenvalue weighted by atomic mass is 9.74. The molecule has 9 heteroatoms. The highest BCUT2D eigenvalue weighted by Gasteiger charge is 2.75. The lowest BCUT2D eigenvalue weighted by molar-refractivity contribution is -0.147. The van der Waals surface area contributed by atoms with Crippen LogP contribution < -0.4 is 14.7 Å². The van der Waals surface area contributed by atoms with E-state index in [-0.39, 0.29) is 30.9 Å². The molecule has 1 unspecified atom stereocenters. The number of aliphatic hydroxyl groups excluding tert-OH is 1. The maximum absolute atomic E-state index is 15.1. The number of fused-ring (bicyclic) bond motifs is 2. The maximum Gasteiger partial charge on any atom is 0.253 e. The Labute approximate surface area is 288 Å². The fraction of sp³-hybridized carbons (Fsp3) is 0.375. The van der Waals surface area contributed by atoms with Crippen molar-refractivity contribution >= 4 is 34.8 Å². The van der Waals surface area contributed by atoms with E-state index in [0.717, 1.165) is 30.0 Å². The summed E-state index contributed by atoms with van der Waals surface area (Å²) in [7, 11) is 0. The number of aliphatic hydroxyl groups is 1. The van der Waals surface area contributed by atoms with Crippen LogP contribution in [0.15, 0.2) is 109 Å². The van der Waals surface area contributed by atoms with Crippen molar-refractivity contribution in [1.29, 1.82) is 0 Å². The Morgan fingerprint density at radius 3 is 2.00 bits per heavy atom. The summed E-state index contributed by atoms with van der Waals surface area (Å²) in [6.45, 7) is 8.03. The van der Waals surface area contributed by atoms with Crippen LogP contribution in [0.4, 0.5) is 17.1 Å². The number of nitrogens with zero attached hydrogens (tertiary/aromatic N) is 4. The van der Waals surface area contributed by atoms with Crippen molar-refractivity contribution in [2.75, 3.05) is 47.5 Å². The third-order valence-electron chi connectivity index (χ3n) is 10.8. The summed E-state index contributed by atoms with van der Waals surface area (Å²) in [5, 5.41) is 10.9. The molecule has 3 aromatic carbocycles. The monoisotopic (exact) mass is 660 g/mol. The normalized spacial score (nSPS) is 28.2. The molecule has 4 aliphatic rings. The second-order valence-corrected chi connectivity index (χ2v) is 13.5. The van der Waals surface area contributed by atoms with Crippen LogP contribution in [0.25, 0.3) is 0 Å². The van der Waals surface area contributed by atoms with Crippen LogP contribution in [-0.4, -0.2) is 83.8 Å². The number of carbonyl (C=O) groups excluding carboxylic acids is 3. The molecule has 9 nitrogen and oxygen atoms in total. The van der Waals surface area contributed by atoms with E-state index < -0.39 is 35.1 Å². The van der Waals surface area contributed by atoms with Crippen molar-refractivity contribution < 1.29 is 24.2 Å². The standard InChI is InChI=1S/C40H44N4O5/c1-4-41(5-2)29-18-20-31(21-19-29)43-25-13-23-40-34(33-36(46)42(30-16-10-7-11-17-30)24-12-22-39(33,3)49-40)37(47)44(35(40)38(43)48)32(27-45)26-28-14-8-6-9-15-28/h6-23,32-35,45H,4-5,24-27H2,1-3H3/t32-,33-,34+,35?,39+,40+/m1/s1. The molecule has 2 saturated heterocycles. The molecule has 0 aliphatic carbocycles. The summed E-state index contributed by atoms with van der Waals surface area (Å²) in [5.74, 6) is -2.78. The molecule has 6 atom stereocenters. The van der Waals surface area contributed by atoms with E-state index >= 15 is 9.59 Å². The average molecular weight is 661 g/mol. The minimum Gasteiger partial charge on any atom is -0.394 e. The van der Waals surface area contributed by atoms with Crippen LogP contribution in [0, 0.1) is 11.8 Å². The highest BCUT2D eigenvalue weighted by atomic mass is 16.5. The Hall–Kier alpha value is -4.73. The quantitative estimate of drug-likeness (QED) is 0.337. The molecule has 0 saturated carbocycles. The molecule has 7 rings (SSSR count). The van der Waals surface area contributed by atoms with Crippen molar-refractivity contribution in [1.82, 2.24) is 4.90 Å². The average Bonchev–Trinajstić information content (AvgIpc) is 3.40. The van der Waals surface area contributed by atoms with Gasteiger partial charge in [-0.2, -0.15) is 0 Å². The number of anilines is 3. The molecule has 1 spiro atoms. The van der Waals surface area contributed by atoms with Gasteiger partial charge in [-0.05, 0) is 69.2 Å². The number of amides is 3. The van der Waals surface area contributed by atoms with E-state index in [1.54, 1.807) is 14.7 Å². The molecule has 2 fully saturated rings. The van der Waals surface area contributed by atoms with Gasteiger partial charge in [-0.3, -0.25) is 14.4 Å². The van der Waals surface area contributed by atoms with Gasteiger partial charge in [0.1, 0.15) is 11.6 Å². The van der Waals surface area contributed by atoms with Gasteiger partial charge >= 0.3 is 0 Å². The fourth-order valence-electron chi connectivity index (χ4n) is 8.50. The van der Waals surface area contributed by atoms with Crippen molar-refractivity contribution in [2.24, 2.45) is 11.8 Å². The maximum atomic E-state index is 15.1. The van der Waals surface area contributed by atoms with E-state index in [9.17, 15) is 9.90 Å². The zero-order valence-electron chi connectivity index (χ0n) is 28.3. The smallest absolute Gasteiger partial charge is 0.253 e. The molecule has 3 amide bonds. The molecule has 0 bridgehead atoms. The van der Waals surface area contributed by atoms with Crippen LogP contribution >= 0.6 is 0 Å². The summed E-state index contributed by atoms with van der Waals surface area (Å²) in [6, 6.07) is 25.1. The Morgan fingerprint density at radius 1 is 0.776 bits per heavy atom. The lowest BCUT2D eigenvalue weighted by Gasteiger charge is -2.40. The van der Waals surface area contributed by atoms with Crippen molar-refractivity contribution in [3.8, 4) is 0 Å². The van der Waals surface area contributed by atoms with Crippen molar-refractivity contribution in [3.05, 3.63) is 115 Å². The van der Waals surface area contributed by atoms with Gasteiger partial charge in [-0.25, -0.2) is 0 Å². The van der Waals surface area contributed by atoms with Gasteiger partial charge < -0.3 is 29.4 Å². The minimum atomic E-state index is -1.44. The SMILES string of the molecule is CCN(CC)c1ccc(N2CC=C[C@]34O[C@@]5(C)C=CCN(c6ccccc6)C(=O)[C@H]5[C@H]3C(=O)N([C@@H](CO)Cc3ccccc3)C4C2=O)cc1. The first-order valence-electron chi connectivity index (χ1n) is 17.3. The molecular weight excluding hydrogens is 616 g/mol. The zero-order chi connectivity index (χ0) is 34.3. The Morgan fingerprint density at radius 2 is 1.37 bits per heavy atom. The number of para-hydroxylation sites is 1. The lowest BCUT2D eigenvalue weighted by Crippen LogP contribution is -2.59. The number of hydrogen-bond acceptors (Lipinski definition) is 6. The topological polar surface area (TPSA) is 93.6 Å². The van der Waals surface area contributed by atoms with Gasteiger partial charge in [0, 0.05) is 43.2 Å². The van der Waals surface area contributed by atoms with Crippen molar-refractivity contribution in [3.63, 3.8) is 0 Å². The molecule has 4 aliphatic heterocycles. The Kier molecular flexibility index (Phi) is 8.67. The molecule has 49 heavy (non-hydrogen) atoms. The molecule has 1 N–H and O–H groups in total. The predicted octanol–water partition coefficient (Wildman–Crippen LogP) is 4.61. The third kappa shape index (κ3) is 5.36. The van der Waals surface area contributed by atoms with Gasteiger partial charge in [-0.1, -0.05) is 72.8 Å². The molecule has 4 heterocycles. The summed E-state index contributed by atoms with van der Waals surface area (Å²) in [5.41, 5.74) is 0.828. The van der Waals surface area contributed by atoms with Gasteiger partial charge in [0.2, 0.25) is 11.8 Å². The zero-order valence-corrected chi connectivity index (χ0v) is 28.3. The number of carbonyl (C=O) groups is 3. The molecule has 0 aromatic heterocycles. The van der Waals surface area contributed by atoms with Crippen LogP contribution in [-0.2, 0) is 25.5 Å². The van der Waals surface area contributed by atoms with Gasteiger partial charge in [-0.15, -0.1) is 0 Å². The number of likely N-dealkylation sites (tertiary alicyclic amines) is 1. The van der Waals surface area contributed by atoms with Crippen molar-refractivity contribution in [2.45, 2.75) is 50.5 Å². The van der Waals surface area contributed by atoms with Crippen LogP contribution in [0.5, 0.6) is 0 Å². The third-order valence-corrected chi connectivity index (χ3v) is 10.8. The largest absolute Gasteiger partial charge is 0.394 e. The van der Waals surface area contributed by atoms with Crippen LogP contribution in [0.3, 0.4) is 0 Å². The summed E-state index contributed by atoms with van der Waals surface area (Å²) >= 11 is 0. The molecule has 0 radical (unpaired) electrons. The summed E-state index contributed by atoms with van der Waals surface area (Å²) in [4.78, 5) is 52.0. The number of benzene rings is 3. The molecule has 254 valence electrons. The van der Waals surface area contributed by atoms with E-state index in [0.29, 0.717) is 18.7 Å². The van der Waals surface area contributed by atoms with Crippen LogP contribution in [0.2, 0.25) is 0 Å². The number of ether oxygens (including phenoxy) is 1. The van der Waals surface area contributed by atoms with E-state index in [4.69, 9.17) is 4.74 Å². The van der Waals surface area contributed by atoms with Gasteiger partial charge in [0.15, 0.2) is 0 Å². The van der Waals surface area contributed by atoms with E-state index in [2.05, 4.69) is 18.7 Å². The highest BCUT2D eigenvalue weighted by molar-refractivity contribution is 6.07. The highest BCUT2D eigenvalue weighted by Crippen LogP contribution is 2.58. The van der Waals surface area contributed by atoms with E-state index in [1.807, 2.05) is 116 Å².